The van der Waals surface area contributed by atoms with Crippen molar-refractivity contribution in [1.82, 2.24) is 4.72 Å². The van der Waals surface area contributed by atoms with E-state index in [1.165, 1.54) is 18.2 Å². The first-order valence-electron chi connectivity index (χ1n) is 8.22. The van der Waals surface area contributed by atoms with Gasteiger partial charge >= 0.3 is 0 Å². The van der Waals surface area contributed by atoms with Gasteiger partial charge < -0.3 is 0 Å². The fourth-order valence-electron chi connectivity index (χ4n) is 2.53. The van der Waals surface area contributed by atoms with Crippen molar-refractivity contribution in [3.63, 3.8) is 0 Å². The second-order valence-corrected chi connectivity index (χ2v) is 8.30. The van der Waals surface area contributed by atoms with Gasteiger partial charge in [-0.15, -0.1) is 0 Å². The second kappa shape index (κ2) is 8.61. The lowest BCUT2D eigenvalue weighted by molar-refractivity contribution is 0.104. The van der Waals surface area contributed by atoms with Gasteiger partial charge in [0.15, 0.2) is 5.78 Å². The van der Waals surface area contributed by atoms with Gasteiger partial charge in [0.1, 0.15) is 0 Å². The Bertz CT molecular complexity index is 1110. The molecule has 3 aromatic carbocycles. The van der Waals surface area contributed by atoms with Crippen LogP contribution in [-0.2, 0) is 10.0 Å². The summed E-state index contributed by atoms with van der Waals surface area (Å²) in [5.74, 6) is -0.509. The number of allylic oxidation sites excluding steroid dienone is 1. The van der Waals surface area contributed by atoms with Crippen LogP contribution in [0.4, 0.5) is 0 Å². The zero-order valence-corrected chi connectivity index (χ0v) is 16.8. The zero-order valence-electron chi connectivity index (χ0n) is 14.5. The minimum atomic E-state index is -3.89. The Morgan fingerprint density at radius 3 is 1.89 bits per heavy atom. The van der Waals surface area contributed by atoms with E-state index in [9.17, 15) is 13.2 Å². The number of ketones is 1. The van der Waals surface area contributed by atoms with Crippen LogP contribution in [-0.4, -0.2) is 14.2 Å². The maximum atomic E-state index is 12.8. The molecule has 0 aromatic heterocycles. The Morgan fingerprint density at radius 2 is 1.32 bits per heavy atom. The van der Waals surface area contributed by atoms with Gasteiger partial charge in [0, 0.05) is 6.08 Å². The van der Waals surface area contributed by atoms with Crippen LogP contribution in [0.5, 0.6) is 0 Å². The molecule has 0 aliphatic carbocycles. The highest BCUT2D eigenvalue weighted by Gasteiger charge is 2.19. The molecule has 0 heterocycles. The van der Waals surface area contributed by atoms with E-state index < -0.39 is 15.8 Å². The van der Waals surface area contributed by atoms with Gasteiger partial charge in [0.25, 0.3) is 10.0 Å². The van der Waals surface area contributed by atoms with Gasteiger partial charge in [-0.25, -0.2) is 8.42 Å². The number of hydrogen-bond donors (Lipinski definition) is 1. The van der Waals surface area contributed by atoms with Crippen molar-refractivity contribution in [3.05, 3.63) is 106 Å². The first kappa shape index (κ1) is 20.1. The summed E-state index contributed by atoms with van der Waals surface area (Å²) < 4.78 is 28.0. The lowest BCUT2D eigenvalue weighted by Gasteiger charge is -2.13. The lowest BCUT2D eigenvalue weighted by Crippen LogP contribution is -2.23. The van der Waals surface area contributed by atoms with Crippen molar-refractivity contribution in [2.45, 2.75) is 4.90 Å². The number of rotatable bonds is 6. The minimum absolute atomic E-state index is 0.0834. The zero-order chi connectivity index (χ0) is 20.1. The van der Waals surface area contributed by atoms with Crippen LogP contribution >= 0.6 is 23.2 Å². The second-order valence-electron chi connectivity index (χ2n) is 5.80. The Hall–Kier alpha value is -2.60. The van der Waals surface area contributed by atoms with Crippen LogP contribution in [0.1, 0.15) is 15.9 Å². The van der Waals surface area contributed by atoms with Gasteiger partial charge in [-0.3, -0.25) is 9.52 Å². The smallest absolute Gasteiger partial charge is 0.261 e. The Kier molecular flexibility index (Phi) is 6.19. The largest absolute Gasteiger partial charge is 0.289 e. The van der Waals surface area contributed by atoms with Crippen LogP contribution in [0.25, 0.3) is 5.70 Å². The molecule has 0 fully saturated rings. The summed E-state index contributed by atoms with van der Waals surface area (Å²) in [6, 6.07) is 21.3. The summed E-state index contributed by atoms with van der Waals surface area (Å²) >= 11 is 12.2. The first-order chi connectivity index (χ1) is 13.4. The SMILES string of the molecule is O=C(/C=C(\NS(=O)(=O)c1ccccc1)c1ccccc1)c1c(Cl)cccc1Cl. The van der Waals surface area contributed by atoms with Crippen molar-refractivity contribution >= 4 is 44.7 Å². The fraction of sp³-hybridized carbons (Fsp3) is 0. The van der Waals surface area contributed by atoms with E-state index in [-0.39, 0.29) is 26.2 Å². The highest BCUT2D eigenvalue weighted by Crippen LogP contribution is 2.26. The number of hydrogen-bond acceptors (Lipinski definition) is 3. The molecule has 1 N–H and O–H groups in total. The van der Waals surface area contributed by atoms with Crippen LogP contribution < -0.4 is 4.72 Å². The summed E-state index contributed by atoms with van der Waals surface area (Å²) in [7, 11) is -3.89. The summed E-state index contributed by atoms with van der Waals surface area (Å²) in [6.07, 6.45) is 1.18. The third kappa shape index (κ3) is 4.62. The molecule has 28 heavy (non-hydrogen) atoms. The van der Waals surface area contributed by atoms with Crippen LogP contribution in [0, 0.1) is 0 Å². The maximum absolute atomic E-state index is 12.8. The molecule has 0 unspecified atom stereocenters. The van der Waals surface area contributed by atoms with E-state index in [1.54, 1.807) is 66.7 Å². The molecule has 0 saturated carbocycles. The summed E-state index contributed by atoms with van der Waals surface area (Å²) in [5, 5.41) is 0.374. The fourth-order valence-corrected chi connectivity index (χ4v) is 4.21. The van der Waals surface area contributed by atoms with Gasteiger partial charge in [-0.05, 0) is 29.8 Å². The molecular formula is C21H15Cl2NO3S. The van der Waals surface area contributed by atoms with Crippen molar-refractivity contribution in [1.29, 1.82) is 0 Å². The average molecular weight is 432 g/mol. The Balaban J connectivity index is 2.06. The number of carbonyl (C=O) groups excluding carboxylic acids is 1. The van der Waals surface area contributed by atoms with Gasteiger partial charge in [-0.1, -0.05) is 77.8 Å². The third-order valence-electron chi connectivity index (χ3n) is 3.87. The van der Waals surface area contributed by atoms with Crippen molar-refractivity contribution in [2.24, 2.45) is 0 Å². The van der Waals surface area contributed by atoms with E-state index in [0.717, 1.165) is 0 Å². The highest BCUT2D eigenvalue weighted by atomic mass is 35.5. The van der Waals surface area contributed by atoms with Gasteiger partial charge in [-0.2, -0.15) is 0 Å². The number of sulfonamides is 1. The number of halogens is 2. The normalized spacial score (nSPS) is 11.9. The summed E-state index contributed by atoms with van der Waals surface area (Å²) in [5.41, 5.74) is 0.752. The molecule has 0 amide bonds. The van der Waals surface area contributed by atoms with Gasteiger partial charge in [0.05, 0.1) is 26.2 Å². The molecule has 3 rings (SSSR count). The molecule has 0 spiro atoms. The highest BCUT2D eigenvalue weighted by molar-refractivity contribution is 7.89. The predicted octanol–water partition coefficient (Wildman–Crippen LogP) is 5.20. The molecule has 0 saturated heterocycles. The molecule has 7 heteroatoms. The lowest BCUT2D eigenvalue weighted by atomic mass is 10.1. The Morgan fingerprint density at radius 1 is 0.786 bits per heavy atom. The molecule has 0 radical (unpaired) electrons. The van der Waals surface area contributed by atoms with E-state index in [2.05, 4.69) is 4.72 Å². The quantitative estimate of drug-likeness (QED) is 0.431. The molecule has 0 atom stereocenters. The van der Waals surface area contributed by atoms with Crippen LogP contribution in [0.3, 0.4) is 0 Å². The number of carbonyl (C=O) groups is 1. The molecule has 3 aromatic rings. The van der Waals surface area contributed by atoms with E-state index in [0.29, 0.717) is 5.56 Å². The van der Waals surface area contributed by atoms with Gasteiger partial charge in [0.2, 0.25) is 0 Å². The molecule has 0 aliphatic rings. The van der Waals surface area contributed by atoms with E-state index >= 15 is 0 Å². The minimum Gasteiger partial charge on any atom is -0.289 e. The summed E-state index contributed by atoms with van der Waals surface area (Å²) in [6.45, 7) is 0. The van der Waals surface area contributed by atoms with Crippen molar-refractivity contribution in [3.8, 4) is 0 Å². The molecule has 0 bridgehead atoms. The third-order valence-corrected chi connectivity index (χ3v) is 5.88. The topological polar surface area (TPSA) is 63.2 Å². The van der Waals surface area contributed by atoms with E-state index in [4.69, 9.17) is 23.2 Å². The predicted molar refractivity (Wildman–Crippen MR) is 112 cm³/mol. The monoisotopic (exact) mass is 431 g/mol. The molecule has 4 nitrogen and oxygen atoms in total. The van der Waals surface area contributed by atoms with Crippen LogP contribution in [0.2, 0.25) is 10.0 Å². The van der Waals surface area contributed by atoms with Crippen molar-refractivity contribution in [2.75, 3.05) is 0 Å². The standard InChI is InChI=1S/C21H15Cl2NO3S/c22-17-12-7-13-18(23)21(17)20(25)14-19(15-8-3-1-4-9-15)24-28(26,27)16-10-5-2-6-11-16/h1-14,24H/b19-14-. The molecule has 142 valence electrons. The maximum Gasteiger partial charge on any atom is 0.261 e. The first-order valence-corrected chi connectivity index (χ1v) is 10.5. The van der Waals surface area contributed by atoms with E-state index in [1.807, 2.05) is 0 Å². The van der Waals surface area contributed by atoms with Crippen molar-refractivity contribution < 1.29 is 13.2 Å². The summed E-state index contributed by atoms with van der Waals surface area (Å²) in [4.78, 5) is 12.9. The molecule has 0 aliphatic heterocycles. The number of benzene rings is 3. The van der Waals surface area contributed by atoms with Crippen LogP contribution in [0.15, 0.2) is 89.8 Å². The number of nitrogens with one attached hydrogen (secondary N) is 1. The Labute approximate surface area is 173 Å². The molecular weight excluding hydrogens is 417 g/mol. The average Bonchev–Trinajstić information content (AvgIpc) is 2.68.